The van der Waals surface area contributed by atoms with Crippen LogP contribution in [0.5, 0.6) is 0 Å². The average Bonchev–Trinajstić information content (AvgIpc) is 3.09. The zero-order valence-corrected chi connectivity index (χ0v) is 12.2. The molecule has 0 aliphatic rings. The van der Waals surface area contributed by atoms with E-state index in [1.165, 1.54) is 5.56 Å². The first-order valence-corrected chi connectivity index (χ1v) is 6.86. The molecular weight excluding hydrogens is 264 g/mol. The highest BCUT2D eigenvalue weighted by Gasteiger charge is 2.09. The lowest BCUT2D eigenvalue weighted by molar-refractivity contribution is 0.314. The second kappa shape index (κ2) is 5.93. The van der Waals surface area contributed by atoms with Crippen LogP contribution >= 0.6 is 0 Å². The standard InChI is InChI=1S/C16H18N4O/c1-19(9-13-8-17-20(2)10-13)11-15-12-21-16(18-15)14-6-4-3-5-7-14/h3-8,10,12H,9,11H2,1-2H3. The molecule has 3 aromatic rings. The van der Waals surface area contributed by atoms with Gasteiger partial charge in [-0.25, -0.2) is 4.98 Å². The van der Waals surface area contributed by atoms with Crippen LogP contribution in [0, 0.1) is 0 Å². The molecule has 0 radical (unpaired) electrons. The first-order valence-electron chi connectivity index (χ1n) is 6.86. The number of aryl methyl sites for hydroxylation is 1. The van der Waals surface area contributed by atoms with Gasteiger partial charge in [0.15, 0.2) is 0 Å². The molecular formula is C16H18N4O. The first-order chi connectivity index (χ1) is 10.2. The molecule has 5 nitrogen and oxygen atoms in total. The van der Waals surface area contributed by atoms with E-state index in [2.05, 4.69) is 22.0 Å². The third-order valence-corrected chi connectivity index (χ3v) is 3.22. The quantitative estimate of drug-likeness (QED) is 0.722. The average molecular weight is 282 g/mol. The van der Waals surface area contributed by atoms with Crippen LogP contribution in [0.4, 0.5) is 0 Å². The third-order valence-electron chi connectivity index (χ3n) is 3.22. The van der Waals surface area contributed by atoms with E-state index in [9.17, 15) is 0 Å². The van der Waals surface area contributed by atoms with Crippen molar-refractivity contribution >= 4 is 0 Å². The Kier molecular flexibility index (Phi) is 3.83. The van der Waals surface area contributed by atoms with Gasteiger partial charge in [-0.3, -0.25) is 9.58 Å². The Morgan fingerprint density at radius 1 is 1.19 bits per heavy atom. The highest BCUT2D eigenvalue weighted by molar-refractivity contribution is 5.52. The topological polar surface area (TPSA) is 47.1 Å². The summed E-state index contributed by atoms with van der Waals surface area (Å²) in [5.41, 5.74) is 3.12. The Morgan fingerprint density at radius 3 is 2.71 bits per heavy atom. The van der Waals surface area contributed by atoms with Crippen LogP contribution in [0.15, 0.2) is 53.4 Å². The van der Waals surface area contributed by atoms with Crippen LogP contribution in [0.1, 0.15) is 11.3 Å². The lowest BCUT2D eigenvalue weighted by Crippen LogP contribution is -2.17. The second-order valence-corrected chi connectivity index (χ2v) is 5.20. The molecule has 21 heavy (non-hydrogen) atoms. The number of aromatic nitrogens is 3. The normalized spacial score (nSPS) is 11.2. The monoisotopic (exact) mass is 282 g/mol. The van der Waals surface area contributed by atoms with E-state index in [0.29, 0.717) is 5.89 Å². The summed E-state index contributed by atoms with van der Waals surface area (Å²) in [5.74, 6) is 0.667. The molecule has 0 atom stereocenters. The second-order valence-electron chi connectivity index (χ2n) is 5.20. The Morgan fingerprint density at radius 2 is 2.00 bits per heavy atom. The molecule has 1 aromatic carbocycles. The van der Waals surface area contributed by atoms with Crippen molar-refractivity contribution < 1.29 is 4.42 Å². The number of oxazole rings is 1. The van der Waals surface area contributed by atoms with E-state index in [1.54, 1.807) is 6.26 Å². The molecule has 0 aliphatic carbocycles. The van der Waals surface area contributed by atoms with Gasteiger partial charge in [-0.05, 0) is 19.2 Å². The predicted octanol–water partition coefficient (Wildman–Crippen LogP) is 2.71. The highest BCUT2D eigenvalue weighted by Crippen LogP contribution is 2.18. The maximum absolute atomic E-state index is 5.55. The summed E-state index contributed by atoms with van der Waals surface area (Å²) in [6.45, 7) is 1.58. The van der Waals surface area contributed by atoms with Gasteiger partial charge in [-0.2, -0.15) is 5.10 Å². The molecule has 0 amide bonds. The summed E-state index contributed by atoms with van der Waals surface area (Å²) in [5, 5.41) is 4.18. The van der Waals surface area contributed by atoms with Gasteiger partial charge in [0.1, 0.15) is 6.26 Å². The summed E-state index contributed by atoms with van der Waals surface area (Å²) >= 11 is 0. The smallest absolute Gasteiger partial charge is 0.226 e. The van der Waals surface area contributed by atoms with Crippen molar-refractivity contribution in [2.75, 3.05) is 7.05 Å². The highest BCUT2D eigenvalue weighted by atomic mass is 16.3. The van der Waals surface area contributed by atoms with Crippen molar-refractivity contribution in [3.63, 3.8) is 0 Å². The van der Waals surface area contributed by atoms with E-state index >= 15 is 0 Å². The number of rotatable bonds is 5. The zero-order chi connectivity index (χ0) is 14.7. The maximum atomic E-state index is 5.55. The molecule has 2 aromatic heterocycles. The Hall–Kier alpha value is -2.40. The molecule has 0 unspecified atom stereocenters. The van der Waals surface area contributed by atoms with Crippen LogP contribution in [0.2, 0.25) is 0 Å². The van der Waals surface area contributed by atoms with Gasteiger partial charge in [-0.1, -0.05) is 18.2 Å². The van der Waals surface area contributed by atoms with Crippen LogP contribution in [0.25, 0.3) is 11.5 Å². The third kappa shape index (κ3) is 3.38. The van der Waals surface area contributed by atoms with Crippen LogP contribution in [0.3, 0.4) is 0 Å². The van der Waals surface area contributed by atoms with Gasteiger partial charge in [-0.15, -0.1) is 0 Å². The van der Waals surface area contributed by atoms with Crippen molar-refractivity contribution in [3.8, 4) is 11.5 Å². The van der Waals surface area contributed by atoms with E-state index < -0.39 is 0 Å². The van der Waals surface area contributed by atoms with E-state index in [-0.39, 0.29) is 0 Å². The summed E-state index contributed by atoms with van der Waals surface area (Å²) in [7, 11) is 3.98. The van der Waals surface area contributed by atoms with Crippen molar-refractivity contribution in [2.24, 2.45) is 7.05 Å². The van der Waals surface area contributed by atoms with E-state index in [1.807, 2.05) is 54.5 Å². The van der Waals surface area contributed by atoms with E-state index in [0.717, 1.165) is 24.3 Å². The first kappa shape index (κ1) is 13.6. The van der Waals surface area contributed by atoms with Crippen molar-refractivity contribution in [1.29, 1.82) is 0 Å². The van der Waals surface area contributed by atoms with Gasteiger partial charge in [0, 0.05) is 37.5 Å². The molecule has 5 heteroatoms. The number of nitrogens with zero attached hydrogens (tertiary/aromatic N) is 4. The van der Waals surface area contributed by atoms with Crippen LogP contribution in [-0.4, -0.2) is 26.7 Å². The van der Waals surface area contributed by atoms with E-state index in [4.69, 9.17) is 4.42 Å². The Balaban J connectivity index is 1.64. The van der Waals surface area contributed by atoms with Gasteiger partial charge in [0.2, 0.25) is 5.89 Å². The molecule has 0 fully saturated rings. The van der Waals surface area contributed by atoms with Crippen molar-refractivity contribution in [2.45, 2.75) is 13.1 Å². The minimum atomic E-state index is 0.667. The predicted molar refractivity (Wildman–Crippen MR) is 80.3 cm³/mol. The summed E-state index contributed by atoms with van der Waals surface area (Å²) in [6.07, 6.45) is 5.63. The Labute approximate surface area is 123 Å². The summed E-state index contributed by atoms with van der Waals surface area (Å²) in [6, 6.07) is 9.93. The maximum Gasteiger partial charge on any atom is 0.226 e. The lowest BCUT2D eigenvalue weighted by atomic mass is 10.2. The number of hydrogen-bond donors (Lipinski definition) is 0. The molecule has 0 saturated heterocycles. The van der Waals surface area contributed by atoms with Crippen molar-refractivity contribution in [3.05, 3.63) is 60.2 Å². The largest absolute Gasteiger partial charge is 0.444 e. The summed E-state index contributed by atoms with van der Waals surface area (Å²) in [4.78, 5) is 6.72. The van der Waals surface area contributed by atoms with Crippen molar-refractivity contribution in [1.82, 2.24) is 19.7 Å². The van der Waals surface area contributed by atoms with Crippen LogP contribution in [-0.2, 0) is 20.1 Å². The number of benzene rings is 1. The zero-order valence-electron chi connectivity index (χ0n) is 12.2. The van der Waals surface area contributed by atoms with Crippen LogP contribution < -0.4 is 0 Å². The van der Waals surface area contributed by atoms with Gasteiger partial charge >= 0.3 is 0 Å². The Bertz CT molecular complexity index is 702. The fourth-order valence-electron chi connectivity index (χ4n) is 2.29. The summed E-state index contributed by atoms with van der Waals surface area (Å²) < 4.78 is 7.36. The molecule has 0 N–H and O–H groups in total. The molecule has 0 aliphatic heterocycles. The van der Waals surface area contributed by atoms with Gasteiger partial charge < -0.3 is 4.42 Å². The number of hydrogen-bond acceptors (Lipinski definition) is 4. The molecule has 0 bridgehead atoms. The molecule has 2 heterocycles. The SMILES string of the molecule is CN(Cc1cnn(C)c1)Cc1coc(-c2ccccc2)n1. The van der Waals surface area contributed by atoms with Gasteiger partial charge in [0.05, 0.1) is 11.9 Å². The lowest BCUT2D eigenvalue weighted by Gasteiger charge is -2.13. The molecule has 108 valence electrons. The molecule has 0 saturated carbocycles. The fraction of sp³-hybridized carbons (Fsp3) is 0.250. The fourth-order valence-corrected chi connectivity index (χ4v) is 2.29. The molecule has 0 spiro atoms. The minimum absolute atomic E-state index is 0.667. The molecule has 3 rings (SSSR count). The van der Waals surface area contributed by atoms with Gasteiger partial charge in [0.25, 0.3) is 0 Å². The minimum Gasteiger partial charge on any atom is -0.444 e.